The molecule has 0 unspecified atom stereocenters. The normalized spacial score (nSPS) is 10.3. The third-order valence-corrected chi connectivity index (χ3v) is 3.58. The molecule has 0 saturated heterocycles. The summed E-state index contributed by atoms with van der Waals surface area (Å²) in [5.74, 6) is 0.217. The van der Waals surface area contributed by atoms with Gasteiger partial charge in [0.15, 0.2) is 0 Å². The van der Waals surface area contributed by atoms with Gasteiger partial charge in [-0.05, 0) is 68.3 Å². The summed E-state index contributed by atoms with van der Waals surface area (Å²) < 4.78 is 20.5. The quantitative estimate of drug-likeness (QED) is 0.667. The maximum atomic E-state index is 13.0. The van der Waals surface area contributed by atoms with Gasteiger partial charge in [-0.15, -0.1) is 0 Å². The van der Waals surface area contributed by atoms with Crippen LogP contribution >= 0.6 is 38.5 Å². The average molecular weight is 407 g/mol. The Morgan fingerprint density at radius 3 is 2.53 bits per heavy atom. The van der Waals surface area contributed by atoms with Crippen molar-refractivity contribution in [2.75, 3.05) is 0 Å². The Labute approximate surface area is 121 Å². The Kier molecular flexibility index (Phi) is 4.39. The Morgan fingerprint density at radius 2 is 1.82 bits per heavy atom. The monoisotopic (exact) mass is 406 g/mol. The second kappa shape index (κ2) is 5.82. The van der Waals surface area contributed by atoms with Gasteiger partial charge in [-0.2, -0.15) is 0 Å². The van der Waals surface area contributed by atoms with Gasteiger partial charge in [-0.1, -0.05) is 12.1 Å². The van der Waals surface area contributed by atoms with Gasteiger partial charge < -0.3 is 4.74 Å². The van der Waals surface area contributed by atoms with Crippen LogP contribution in [0.5, 0.6) is 5.75 Å². The number of benzene rings is 2. The maximum Gasteiger partial charge on any atom is 0.136 e. The van der Waals surface area contributed by atoms with E-state index in [1.165, 1.54) is 15.7 Å². The molecule has 0 radical (unpaired) electrons. The van der Waals surface area contributed by atoms with Gasteiger partial charge in [0.1, 0.15) is 18.2 Å². The van der Waals surface area contributed by atoms with E-state index in [-0.39, 0.29) is 5.82 Å². The minimum Gasteiger partial charge on any atom is -0.488 e. The van der Waals surface area contributed by atoms with Crippen LogP contribution in [0.2, 0.25) is 0 Å². The van der Waals surface area contributed by atoms with E-state index in [1.807, 2.05) is 24.3 Å². The highest BCUT2D eigenvalue weighted by atomic mass is 127. The molecule has 2 rings (SSSR count). The van der Waals surface area contributed by atoms with E-state index in [9.17, 15) is 4.39 Å². The van der Waals surface area contributed by atoms with Crippen molar-refractivity contribution in [1.29, 1.82) is 0 Å². The van der Waals surface area contributed by atoms with Crippen LogP contribution in [0.15, 0.2) is 46.9 Å². The van der Waals surface area contributed by atoms with Crippen molar-refractivity contribution in [2.45, 2.75) is 6.61 Å². The molecule has 1 nitrogen and oxygen atoms in total. The van der Waals surface area contributed by atoms with E-state index in [2.05, 4.69) is 38.5 Å². The van der Waals surface area contributed by atoms with Crippen molar-refractivity contribution in [3.8, 4) is 5.75 Å². The summed E-state index contributed by atoms with van der Waals surface area (Å²) in [7, 11) is 0. The van der Waals surface area contributed by atoms with E-state index < -0.39 is 0 Å². The van der Waals surface area contributed by atoms with Crippen LogP contribution in [0.4, 0.5) is 4.39 Å². The molecule has 0 heterocycles. The van der Waals surface area contributed by atoms with Crippen molar-refractivity contribution in [3.63, 3.8) is 0 Å². The Balaban J connectivity index is 2.07. The Hall–Kier alpha value is -0.620. The van der Waals surface area contributed by atoms with Crippen molar-refractivity contribution in [1.82, 2.24) is 0 Å². The van der Waals surface area contributed by atoms with Gasteiger partial charge in [-0.25, -0.2) is 4.39 Å². The zero-order valence-electron chi connectivity index (χ0n) is 8.79. The summed E-state index contributed by atoms with van der Waals surface area (Å²) >= 11 is 5.57. The van der Waals surface area contributed by atoms with Crippen LogP contribution in [0.25, 0.3) is 0 Å². The number of rotatable bonds is 3. The summed E-state index contributed by atoms with van der Waals surface area (Å²) in [5, 5.41) is 0. The Bertz CT molecular complexity index is 513. The van der Waals surface area contributed by atoms with Gasteiger partial charge >= 0.3 is 0 Å². The van der Waals surface area contributed by atoms with Gasteiger partial charge in [-0.3, -0.25) is 0 Å². The third-order valence-electron chi connectivity index (χ3n) is 2.20. The molecule has 0 saturated carbocycles. The molecule has 88 valence electrons. The van der Waals surface area contributed by atoms with Crippen LogP contribution < -0.4 is 4.74 Å². The summed E-state index contributed by atoms with van der Waals surface area (Å²) in [5.41, 5.74) is 1.06. The zero-order chi connectivity index (χ0) is 12.3. The van der Waals surface area contributed by atoms with Crippen LogP contribution in [0.3, 0.4) is 0 Å². The minimum absolute atomic E-state index is 0.300. The van der Waals surface area contributed by atoms with Gasteiger partial charge in [0, 0.05) is 9.64 Å². The highest BCUT2D eigenvalue weighted by Gasteiger charge is 2.03. The molecular formula is C13H9BrFIO. The number of hydrogen-bond donors (Lipinski definition) is 0. The fourth-order valence-electron chi connectivity index (χ4n) is 1.33. The second-order valence-corrected chi connectivity index (χ2v) is 5.59. The summed E-state index contributed by atoms with van der Waals surface area (Å²) in [4.78, 5) is 0. The first-order valence-corrected chi connectivity index (χ1v) is 6.84. The van der Waals surface area contributed by atoms with E-state index in [1.54, 1.807) is 6.07 Å². The van der Waals surface area contributed by atoms with Crippen molar-refractivity contribution < 1.29 is 9.13 Å². The lowest BCUT2D eigenvalue weighted by atomic mass is 10.2. The van der Waals surface area contributed by atoms with Crippen LogP contribution in [-0.2, 0) is 6.61 Å². The van der Waals surface area contributed by atoms with E-state index >= 15 is 0 Å². The molecule has 0 bridgehead atoms. The molecular weight excluding hydrogens is 398 g/mol. The predicted molar refractivity (Wildman–Crippen MR) is 77.6 cm³/mol. The van der Waals surface area contributed by atoms with Gasteiger partial charge in [0.05, 0.1) is 4.47 Å². The fraction of sp³-hybridized carbons (Fsp3) is 0.0769. The van der Waals surface area contributed by atoms with Gasteiger partial charge in [0.25, 0.3) is 0 Å². The van der Waals surface area contributed by atoms with Crippen molar-refractivity contribution in [3.05, 3.63) is 61.9 Å². The maximum absolute atomic E-state index is 13.0. The Morgan fingerprint density at radius 1 is 1.12 bits per heavy atom. The number of hydrogen-bond acceptors (Lipinski definition) is 1. The summed E-state index contributed by atoms with van der Waals surface area (Å²) in [6.45, 7) is 0.430. The summed E-state index contributed by atoms with van der Waals surface area (Å²) in [6, 6.07) is 12.4. The molecule has 0 amide bonds. The average Bonchev–Trinajstić information content (AvgIpc) is 2.32. The third kappa shape index (κ3) is 3.67. The van der Waals surface area contributed by atoms with Gasteiger partial charge in [0.2, 0.25) is 0 Å². The number of ether oxygens (including phenoxy) is 1. The minimum atomic E-state index is -0.300. The molecule has 0 aromatic heterocycles. The topological polar surface area (TPSA) is 9.23 Å². The van der Waals surface area contributed by atoms with E-state index in [4.69, 9.17) is 4.74 Å². The lowest BCUT2D eigenvalue weighted by Crippen LogP contribution is -1.96. The fourth-order valence-corrected chi connectivity index (χ4v) is 2.05. The standard InChI is InChI=1S/C13H9BrFIO/c14-12-6-3-10(15)7-13(12)17-8-9-1-4-11(16)5-2-9/h1-7H,8H2. The van der Waals surface area contributed by atoms with E-state index in [0.717, 1.165) is 10.0 Å². The van der Waals surface area contributed by atoms with E-state index in [0.29, 0.717) is 12.4 Å². The van der Waals surface area contributed by atoms with Crippen LogP contribution in [-0.4, -0.2) is 0 Å². The first-order valence-electron chi connectivity index (χ1n) is 4.97. The first kappa shape index (κ1) is 12.8. The molecule has 0 spiro atoms. The number of halogens is 3. The predicted octanol–water partition coefficient (Wildman–Crippen LogP) is 4.77. The molecule has 4 heteroatoms. The zero-order valence-corrected chi connectivity index (χ0v) is 12.5. The van der Waals surface area contributed by atoms with Crippen molar-refractivity contribution >= 4 is 38.5 Å². The lowest BCUT2D eigenvalue weighted by molar-refractivity contribution is 0.302. The lowest BCUT2D eigenvalue weighted by Gasteiger charge is -2.08. The molecule has 17 heavy (non-hydrogen) atoms. The molecule has 0 atom stereocenters. The highest BCUT2D eigenvalue weighted by Crippen LogP contribution is 2.26. The highest BCUT2D eigenvalue weighted by molar-refractivity contribution is 14.1. The largest absolute Gasteiger partial charge is 0.488 e. The second-order valence-electron chi connectivity index (χ2n) is 3.49. The molecule has 0 aliphatic heterocycles. The van der Waals surface area contributed by atoms with Crippen LogP contribution in [0, 0.1) is 9.39 Å². The molecule has 2 aromatic carbocycles. The molecule has 0 fully saturated rings. The molecule has 2 aromatic rings. The smallest absolute Gasteiger partial charge is 0.136 e. The SMILES string of the molecule is Fc1ccc(Br)c(OCc2ccc(I)cc2)c1. The molecule has 0 aliphatic carbocycles. The molecule has 0 N–H and O–H groups in total. The summed E-state index contributed by atoms with van der Waals surface area (Å²) in [6.07, 6.45) is 0. The van der Waals surface area contributed by atoms with Crippen molar-refractivity contribution in [2.24, 2.45) is 0 Å². The van der Waals surface area contributed by atoms with Crippen LogP contribution in [0.1, 0.15) is 5.56 Å². The molecule has 0 aliphatic rings. The first-order chi connectivity index (χ1) is 8.15.